The van der Waals surface area contributed by atoms with Crippen molar-refractivity contribution in [2.45, 2.75) is 26.2 Å². The first-order valence-corrected chi connectivity index (χ1v) is 5.57. The summed E-state index contributed by atoms with van der Waals surface area (Å²) in [5.41, 5.74) is 0. The van der Waals surface area contributed by atoms with Gasteiger partial charge >= 0.3 is 0 Å². The highest BCUT2D eigenvalue weighted by Gasteiger charge is 2.52. The molecular formula is C11H19N. The van der Waals surface area contributed by atoms with Gasteiger partial charge in [0.2, 0.25) is 0 Å². The highest BCUT2D eigenvalue weighted by molar-refractivity contribution is 5.03. The standard InChI is InChI=1S/C11H19N/c1-8-10-6-12(7-11(8)10)5-9-3-2-4-9/h8-11H,2-7H2,1H3. The van der Waals surface area contributed by atoms with Crippen molar-refractivity contribution in [3.63, 3.8) is 0 Å². The van der Waals surface area contributed by atoms with Crippen LogP contribution in [0, 0.1) is 23.7 Å². The van der Waals surface area contributed by atoms with Crippen molar-refractivity contribution in [3.05, 3.63) is 0 Å². The molecule has 0 aromatic rings. The van der Waals surface area contributed by atoms with Gasteiger partial charge in [-0.3, -0.25) is 0 Å². The predicted molar refractivity (Wildman–Crippen MR) is 49.9 cm³/mol. The molecule has 12 heavy (non-hydrogen) atoms. The Labute approximate surface area is 75.1 Å². The van der Waals surface area contributed by atoms with Crippen LogP contribution in [0.1, 0.15) is 26.2 Å². The molecule has 1 saturated heterocycles. The lowest BCUT2D eigenvalue weighted by molar-refractivity contribution is 0.186. The maximum atomic E-state index is 2.72. The summed E-state index contributed by atoms with van der Waals surface area (Å²) in [5, 5.41) is 0. The molecule has 1 heteroatoms. The zero-order chi connectivity index (χ0) is 8.13. The van der Waals surface area contributed by atoms with Gasteiger partial charge in [-0.25, -0.2) is 0 Å². The number of hydrogen-bond acceptors (Lipinski definition) is 1. The summed E-state index contributed by atoms with van der Waals surface area (Å²) in [5.74, 6) is 4.36. The van der Waals surface area contributed by atoms with Crippen molar-refractivity contribution >= 4 is 0 Å². The second-order valence-electron chi connectivity index (χ2n) is 5.20. The van der Waals surface area contributed by atoms with E-state index in [9.17, 15) is 0 Å². The zero-order valence-corrected chi connectivity index (χ0v) is 8.00. The Morgan fingerprint density at radius 1 is 1.17 bits per heavy atom. The molecule has 1 heterocycles. The third-order valence-corrected chi connectivity index (χ3v) is 4.44. The maximum Gasteiger partial charge on any atom is 0.00158 e. The minimum atomic E-state index is 1.07. The van der Waals surface area contributed by atoms with E-state index >= 15 is 0 Å². The number of rotatable bonds is 2. The normalized spacial score (nSPS) is 47.2. The first-order chi connectivity index (χ1) is 5.84. The summed E-state index contributed by atoms with van der Waals surface area (Å²) in [7, 11) is 0. The highest BCUT2D eigenvalue weighted by Crippen LogP contribution is 2.51. The molecule has 3 rings (SSSR count). The summed E-state index contributed by atoms with van der Waals surface area (Å²) in [6, 6.07) is 0. The monoisotopic (exact) mass is 165 g/mol. The van der Waals surface area contributed by atoms with E-state index in [1.807, 2.05) is 0 Å². The van der Waals surface area contributed by atoms with Gasteiger partial charge in [-0.1, -0.05) is 13.3 Å². The van der Waals surface area contributed by atoms with Crippen molar-refractivity contribution in [3.8, 4) is 0 Å². The number of fused-ring (bicyclic) bond motifs is 1. The quantitative estimate of drug-likeness (QED) is 0.605. The van der Waals surface area contributed by atoms with E-state index < -0.39 is 0 Å². The van der Waals surface area contributed by atoms with E-state index in [1.54, 1.807) is 0 Å². The van der Waals surface area contributed by atoms with Crippen molar-refractivity contribution in [2.75, 3.05) is 19.6 Å². The first-order valence-electron chi connectivity index (χ1n) is 5.57. The molecule has 3 aliphatic rings. The van der Waals surface area contributed by atoms with E-state index in [-0.39, 0.29) is 0 Å². The number of likely N-dealkylation sites (tertiary alicyclic amines) is 1. The fourth-order valence-electron chi connectivity index (χ4n) is 3.10. The molecule has 0 amide bonds. The third-order valence-electron chi connectivity index (χ3n) is 4.44. The van der Waals surface area contributed by atoms with E-state index in [0.29, 0.717) is 0 Å². The molecule has 68 valence electrons. The lowest BCUT2D eigenvalue weighted by Crippen LogP contribution is -2.32. The van der Waals surface area contributed by atoms with Crippen LogP contribution in [-0.4, -0.2) is 24.5 Å². The van der Waals surface area contributed by atoms with Gasteiger partial charge in [0.15, 0.2) is 0 Å². The molecule has 0 N–H and O–H groups in total. The van der Waals surface area contributed by atoms with E-state index in [4.69, 9.17) is 0 Å². The first kappa shape index (κ1) is 7.37. The van der Waals surface area contributed by atoms with E-state index in [2.05, 4.69) is 11.8 Å². The molecule has 0 aromatic heterocycles. The van der Waals surface area contributed by atoms with Crippen molar-refractivity contribution in [2.24, 2.45) is 23.7 Å². The second-order valence-corrected chi connectivity index (χ2v) is 5.20. The zero-order valence-electron chi connectivity index (χ0n) is 8.00. The van der Waals surface area contributed by atoms with Gasteiger partial charge in [0, 0.05) is 19.6 Å². The summed E-state index contributed by atoms with van der Waals surface area (Å²) in [6.07, 6.45) is 4.53. The SMILES string of the molecule is CC1C2CN(CC3CCC3)CC12. The molecule has 2 aliphatic carbocycles. The molecule has 1 nitrogen and oxygen atoms in total. The minimum Gasteiger partial charge on any atom is -0.302 e. The number of hydrogen-bond donors (Lipinski definition) is 0. The highest BCUT2D eigenvalue weighted by atomic mass is 15.2. The largest absolute Gasteiger partial charge is 0.302 e. The summed E-state index contributed by atoms with van der Waals surface area (Å²) in [6.45, 7) is 6.72. The predicted octanol–water partition coefficient (Wildman–Crippen LogP) is 1.98. The van der Waals surface area contributed by atoms with Gasteiger partial charge in [-0.2, -0.15) is 0 Å². The molecule has 2 saturated carbocycles. The summed E-state index contributed by atoms with van der Waals surface area (Å²) >= 11 is 0. The average molecular weight is 165 g/mol. The van der Waals surface area contributed by atoms with E-state index in [0.717, 1.165) is 23.7 Å². The van der Waals surface area contributed by atoms with E-state index in [1.165, 1.54) is 38.9 Å². The van der Waals surface area contributed by atoms with Crippen LogP contribution in [0.5, 0.6) is 0 Å². The van der Waals surface area contributed by atoms with Gasteiger partial charge in [-0.05, 0) is 36.5 Å². The minimum absolute atomic E-state index is 1.07. The second kappa shape index (κ2) is 2.47. The molecule has 2 unspecified atom stereocenters. The fraction of sp³-hybridized carbons (Fsp3) is 1.00. The molecule has 2 atom stereocenters. The van der Waals surface area contributed by atoms with Gasteiger partial charge in [0.25, 0.3) is 0 Å². The Morgan fingerprint density at radius 3 is 2.33 bits per heavy atom. The van der Waals surface area contributed by atoms with Crippen LogP contribution in [0.2, 0.25) is 0 Å². The summed E-state index contributed by atoms with van der Waals surface area (Å²) < 4.78 is 0. The van der Waals surface area contributed by atoms with Gasteiger partial charge < -0.3 is 4.90 Å². The number of nitrogens with zero attached hydrogens (tertiary/aromatic N) is 1. The average Bonchev–Trinajstić information content (AvgIpc) is 2.50. The van der Waals surface area contributed by atoms with Crippen molar-refractivity contribution in [1.29, 1.82) is 0 Å². The Morgan fingerprint density at radius 2 is 1.83 bits per heavy atom. The van der Waals surface area contributed by atoms with Gasteiger partial charge in [-0.15, -0.1) is 0 Å². The molecule has 1 aliphatic heterocycles. The van der Waals surface area contributed by atoms with Crippen LogP contribution < -0.4 is 0 Å². The van der Waals surface area contributed by atoms with Crippen LogP contribution in [-0.2, 0) is 0 Å². The van der Waals surface area contributed by atoms with Crippen LogP contribution >= 0.6 is 0 Å². The molecule has 0 spiro atoms. The fourth-order valence-corrected chi connectivity index (χ4v) is 3.10. The lowest BCUT2D eigenvalue weighted by Gasteiger charge is -2.30. The molecule has 0 aromatic carbocycles. The Balaban J connectivity index is 1.48. The van der Waals surface area contributed by atoms with Crippen LogP contribution in [0.4, 0.5) is 0 Å². The summed E-state index contributed by atoms with van der Waals surface area (Å²) in [4.78, 5) is 2.72. The smallest absolute Gasteiger partial charge is 0.00158 e. The Hall–Kier alpha value is -0.0400. The lowest BCUT2D eigenvalue weighted by atomic mass is 9.85. The van der Waals surface area contributed by atoms with Gasteiger partial charge in [0.1, 0.15) is 0 Å². The van der Waals surface area contributed by atoms with Crippen LogP contribution in [0.15, 0.2) is 0 Å². The molecule has 0 bridgehead atoms. The third kappa shape index (κ3) is 1.02. The maximum absolute atomic E-state index is 2.72. The Kier molecular flexibility index (Phi) is 1.52. The topological polar surface area (TPSA) is 3.24 Å². The van der Waals surface area contributed by atoms with Crippen molar-refractivity contribution < 1.29 is 0 Å². The Bertz CT molecular complexity index is 173. The van der Waals surface area contributed by atoms with Gasteiger partial charge in [0.05, 0.1) is 0 Å². The molecular weight excluding hydrogens is 146 g/mol. The molecule has 0 radical (unpaired) electrons. The van der Waals surface area contributed by atoms with Crippen LogP contribution in [0.25, 0.3) is 0 Å². The number of piperidine rings is 1. The van der Waals surface area contributed by atoms with Crippen LogP contribution in [0.3, 0.4) is 0 Å². The molecule has 3 fully saturated rings. The van der Waals surface area contributed by atoms with Crippen molar-refractivity contribution in [1.82, 2.24) is 4.90 Å².